The number of benzene rings is 1. The molecule has 148 valence electrons. The van der Waals surface area contributed by atoms with E-state index in [2.05, 4.69) is 20.4 Å². The molecule has 0 spiro atoms. The number of rotatable bonds is 5. The number of non-ortho nitro benzene ring substituents is 2. The van der Waals surface area contributed by atoms with Crippen LogP contribution in [0.1, 0.15) is 27.4 Å². The lowest BCUT2D eigenvalue weighted by atomic mass is 10.1. The standard InChI is InChI=1S/C17H15N7O5/c1-9-4-10(2)19-17(18-9)22-15(5-11(3)21-22)20-16(25)12-6-13(23(26)27)8-14(7-12)24(28)29/h4-8H,1-3H3,(H,20,25). The highest BCUT2D eigenvalue weighted by atomic mass is 16.6. The Balaban J connectivity index is 2.00. The number of nitro benzene ring substituents is 2. The Morgan fingerprint density at radius 1 is 0.897 bits per heavy atom. The summed E-state index contributed by atoms with van der Waals surface area (Å²) >= 11 is 0. The van der Waals surface area contributed by atoms with Gasteiger partial charge in [0, 0.05) is 29.6 Å². The highest BCUT2D eigenvalue weighted by Gasteiger charge is 2.21. The van der Waals surface area contributed by atoms with Gasteiger partial charge in [0.05, 0.1) is 27.2 Å². The number of aromatic nitrogens is 4. The molecule has 3 rings (SSSR count). The molecule has 2 aromatic heterocycles. The van der Waals surface area contributed by atoms with Gasteiger partial charge in [-0.1, -0.05) is 0 Å². The van der Waals surface area contributed by atoms with Gasteiger partial charge in [-0.05, 0) is 26.8 Å². The predicted octanol–water partition coefficient (Wildman–Crippen LogP) is 2.66. The first-order valence-electron chi connectivity index (χ1n) is 8.28. The molecule has 0 atom stereocenters. The second-order valence-corrected chi connectivity index (χ2v) is 6.24. The zero-order valence-electron chi connectivity index (χ0n) is 15.6. The summed E-state index contributed by atoms with van der Waals surface area (Å²) in [5, 5.41) is 28.9. The second kappa shape index (κ2) is 7.42. The highest BCUT2D eigenvalue weighted by molar-refractivity contribution is 6.04. The first-order valence-corrected chi connectivity index (χ1v) is 8.28. The maximum Gasteiger partial charge on any atom is 0.277 e. The van der Waals surface area contributed by atoms with E-state index in [1.165, 1.54) is 4.68 Å². The van der Waals surface area contributed by atoms with Crippen LogP contribution in [0.3, 0.4) is 0 Å². The van der Waals surface area contributed by atoms with Gasteiger partial charge >= 0.3 is 0 Å². The Hall–Kier alpha value is -4.22. The van der Waals surface area contributed by atoms with Crippen LogP contribution in [0.4, 0.5) is 17.2 Å². The van der Waals surface area contributed by atoms with Crippen molar-refractivity contribution in [1.29, 1.82) is 0 Å². The monoisotopic (exact) mass is 397 g/mol. The summed E-state index contributed by atoms with van der Waals surface area (Å²) in [7, 11) is 0. The van der Waals surface area contributed by atoms with Crippen LogP contribution >= 0.6 is 0 Å². The van der Waals surface area contributed by atoms with Crippen molar-refractivity contribution in [2.75, 3.05) is 5.32 Å². The zero-order valence-corrected chi connectivity index (χ0v) is 15.6. The number of carbonyl (C=O) groups excluding carboxylic acids is 1. The van der Waals surface area contributed by atoms with Crippen molar-refractivity contribution < 1.29 is 14.6 Å². The van der Waals surface area contributed by atoms with Crippen molar-refractivity contribution in [1.82, 2.24) is 19.7 Å². The van der Waals surface area contributed by atoms with E-state index >= 15 is 0 Å². The first kappa shape index (κ1) is 19.5. The highest BCUT2D eigenvalue weighted by Crippen LogP contribution is 2.24. The molecule has 0 saturated carbocycles. The Morgan fingerprint density at radius 3 is 1.97 bits per heavy atom. The summed E-state index contributed by atoms with van der Waals surface area (Å²) in [6.45, 7) is 5.27. The van der Waals surface area contributed by atoms with E-state index in [9.17, 15) is 25.0 Å². The molecule has 0 aliphatic heterocycles. The summed E-state index contributed by atoms with van der Waals surface area (Å²) in [5.41, 5.74) is 0.601. The van der Waals surface area contributed by atoms with Gasteiger partial charge in [0.1, 0.15) is 5.82 Å². The minimum atomic E-state index is -0.804. The number of carbonyl (C=O) groups is 1. The van der Waals surface area contributed by atoms with E-state index in [0.29, 0.717) is 17.1 Å². The SMILES string of the molecule is Cc1cc(C)nc(-n2nc(C)cc2NC(=O)c2cc([N+](=O)[O-])cc([N+](=O)[O-])c2)n1. The molecule has 2 heterocycles. The lowest BCUT2D eigenvalue weighted by Crippen LogP contribution is -2.17. The average molecular weight is 397 g/mol. The van der Waals surface area contributed by atoms with Gasteiger partial charge in [0.25, 0.3) is 23.2 Å². The number of nitrogens with one attached hydrogen (secondary N) is 1. The number of aryl methyl sites for hydroxylation is 3. The topological polar surface area (TPSA) is 159 Å². The van der Waals surface area contributed by atoms with Gasteiger partial charge in [-0.25, -0.2) is 9.97 Å². The number of amides is 1. The van der Waals surface area contributed by atoms with Crippen molar-refractivity contribution in [3.63, 3.8) is 0 Å². The Morgan fingerprint density at radius 2 is 1.45 bits per heavy atom. The molecule has 1 amide bonds. The quantitative estimate of drug-likeness (QED) is 0.508. The Bertz CT molecular complexity index is 1100. The Kier molecular flexibility index (Phi) is 5.00. The molecule has 0 aliphatic rings. The lowest BCUT2D eigenvalue weighted by molar-refractivity contribution is -0.394. The molecule has 12 heteroatoms. The molecule has 0 fully saturated rings. The second-order valence-electron chi connectivity index (χ2n) is 6.24. The van der Waals surface area contributed by atoms with E-state index in [1.807, 2.05) is 0 Å². The minimum absolute atomic E-state index is 0.214. The molecule has 0 saturated heterocycles. The molecular weight excluding hydrogens is 382 g/mol. The zero-order chi connectivity index (χ0) is 21.3. The first-order chi connectivity index (χ1) is 13.6. The van der Waals surface area contributed by atoms with Gasteiger partial charge in [-0.3, -0.25) is 25.0 Å². The fourth-order valence-electron chi connectivity index (χ4n) is 2.67. The number of hydrogen-bond acceptors (Lipinski definition) is 8. The number of hydrogen-bond donors (Lipinski definition) is 1. The molecule has 29 heavy (non-hydrogen) atoms. The van der Waals surface area contributed by atoms with Crippen LogP contribution in [0.2, 0.25) is 0 Å². The smallest absolute Gasteiger partial charge is 0.277 e. The van der Waals surface area contributed by atoms with E-state index in [4.69, 9.17) is 0 Å². The fourth-order valence-corrected chi connectivity index (χ4v) is 2.67. The van der Waals surface area contributed by atoms with Crippen molar-refractivity contribution >= 4 is 23.1 Å². The van der Waals surface area contributed by atoms with Crippen LogP contribution in [0, 0.1) is 41.0 Å². The largest absolute Gasteiger partial charge is 0.306 e. The van der Waals surface area contributed by atoms with Crippen LogP contribution in [0.5, 0.6) is 0 Å². The number of nitrogens with zero attached hydrogens (tertiary/aromatic N) is 6. The van der Waals surface area contributed by atoms with Crippen LogP contribution in [0.15, 0.2) is 30.3 Å². The maximum absolute atomic E-state index is 12.7. The summed E-state index contributed by atoms with van der Waals surface area (Å²) in [6.07, 6.45) is 0. The van der Waals surface area contributed by atoms with E-state index in [1.54, 1.807) is 32.9 Å². The van der Waals surface area contributed by atoms with Gasteiger partial charge in [0.15, 0.2) is 0 Å². The molecule has 0 unspecified atom stereocenters. The van der Waals surface area contributed by atoms with Gasteiger partial charge in [-0.15, -0.1) is 0 Å². The summed E-state index contributed by atoms with van der Waals surface area (Å²) in [6, 6.07) is 6.05. The third-order valence-electron chi connectivity index (χ3n) is 3.82. The van der Waals surface area contributed by atoms with Crippen LogP contribution in [-0.2, 0) is 0 Å². The Labute approximate surface area is 163 Å². The summed E-state index contributed by atoms with van der Waals surface area (Å²) in [4.78, 5) is 41.7. The summed E-state index contributed by atoms with van der Waals surface area (Å²) in [5.74, 6) is -0.329. The molecule has 0 radical (unpaired) electrons. The van der Waals surface area contributed by atoms with Crippen molar-refractivity contribution in [3.05, 3.63) is 73.2 Å². The predicted molar refractivity (Wildman–Crippen MR) is 101 cm³/mol. The normalized spacial score (nSPS) is 10.6. The summed E-state index contributed by atoms with van der Waals surface area (Å²) < 4.78 is 1.32. The molecule has 12 nitrogen and oxygen atoms in total. The molecule has 1 aromatic carbocycles. The average Bonchev–Trinajstić information content (AvgIpc) is 3.00. The van der Waals surface area contributed by atoms with Crippen LogP contribution < -0.4 is 5.32 Å². The van der Waals surface area contributed by atoms with E-state index in [0.717, 1.165) is 18.2 Å². The van der Waals surface area contributed by atoms with Crippen molar-refractivity contribution in [2.24, 2.45) is 0 Å². The lowest BCUT2D eigenvalue weighted by Gasteiger charge is -2.09. The fraction of sp³-hybridized carbons (Fsp3) is 0.176. The molecule has 0 bridgehead atoms. The molecular formula is C17H15N7O5. The van der Waals surface area contributed by atoms with E-state index in [-0.39, 0.29) is 17.3 Å². The molecule has 1 N–H and O–H groups in total. The molecule has 3 aromatic rings. The van der Waals surface area contributed by atoms with Crippen LogP contribution in [0.25, 0.3) is 5.95 Å². The van der Waals surface area contributed by atoms with Gasteiger partial charge in [0.2, 0.25) is 0 Å². The van der Waals surface area contributed by atoms with Gasteiger partial charge < -0.3 is 5.32 Å². The van der Waals surface area contributed by atoms with E-state index < -0.39 is 27.1 Å². The maximum atomic E-state index is 12.7. The third kappa shape index (κ3) is 4.21. The minimum Gasteiger partial charge on any atom is -0.306 e. The third-order valence-corrected chi connectivity index (χ3v) is 3.82. The van der Waals surface area contributed by atoms with Gasteiger partial charge in [-0.2, -0.15) is 9.78 Å². The van der Waals surface area contributed by atoms with Crippen molar-refractivity contribution in [2.45, 2.75) is 20.8 Å². The number of anilines is 1. The van der Waals surface area contributed by atoms with Crippen molar-refractivity contribution in [3.8, 4) is 5.95 Å². The molecule has 0 aliphatic carbocycles. The van der Waals surface area contributed by atoms with Crippen LogP contribution in [-0.4, -0.2) is 35.5 Å². The number of nitro groups is 2.